The fraction of sp³-hybridized carbons (Fsp3) is 0.481. The van der Waals surface area contributed by atoms with Gasteiger partial charge in [0.15, 0.2) is 0 Å². The molecule has 1 N–H and O–H groups in total. The minimum Gasteiger partial charge on any atom is -0.371 e. The van der Waals surface area contributed by atoms with Crippen LogP contribution in [0.4, 0.5) is 17.1 Å². The minimum absolute atomic E-state index is 0.0748. The maximum Gasteiger partial charge on any atom is 0.270 e. The number of nitrogens with zero attached hydrogens (tertiary/aromatic N) is 4. The van der Waals surface area contributed by atoms with Crippen LogP contribution in [0, 0.1) is 29.9 Å². The smallest absolute Gasteiger partial charge is 0.270 e. The van der Waals surface area contributed by atoms with E-state index in [1.54, 1.807) is 11.0 Å². The third-order valence-corrected chi connectivity index (χ3v) is 7.45. The number of rotatable bonds is 6. The first-order valence-electron chi connectivity index (χ1n) is 12.6. The molecular weight excluding hydrogens is 458 g/mol. The van der Waals surface area contributed by atoms with Gasteiger partial charge in [0.2, 0.25) is 5.91 Å². The molecule has 36 heavy (non-hydrogen) atoms. The highest BCUT2D eigenvalue weighted by molar-refractivity contribution is 6.00. The Morgan fingerprint density at radius 2 is 1.72 bits per heavy atom. The van der Waals surface area contributed by atoms with Gasteiger partial charge in [0.1, 0.15) is 0 Å². The average molecular weight is 494 g/mol. The molecule has 0 unspecified atom stereocenters. The van der Waals surface area contributed by atoms with E-state index in [-0.39, 0.29) is 24.0 Å². The normalized spacial score (nSPS) is 17.2. The maximum atomic E-state index is 13.5. The number of non-ortho nitro benzene ring substituents is 1. The number of aryl methyl sites for hydroxylation is 1. The van der Waals surface area contributed by atoms with Crippen LogP contribution in [0.1, 0.15) is 41.3 Å². The topological polar surface area (TPSA) is 99.0 Å². The van der Waals surface area contributed by atoms with Crippen molar-refractivity contribution >= 4 is 28.9 Å². The molecule has 4 rings (SSSR count). The zero-order chi connectivity index (χ0) is 25.8. The van der Waals surface area contributed by atoms with E-state index >= 15 is 0 Å². The fourth-order valence-electron chi connectivity index (χ4n) is 4.89. The molecule has 2 aliphatic heterocycles. The van der Waals surface area contributed by atoms with Gasteiger partial charge in [0.05, 0.1) is 22.7 Å². The molecule has 0 atom stereocenters. The van der Waals surface area contributed by atoms with Gasteiger partial charge < -0.3 is 15.1 Å². The summed E-state index contributed by atoms with van der Waals surface area (Å²) < 4.78 is 0. The van der Waals surface area contributed by atoms with Crippen molar-refractivity contribution in [2.24, 2.45) is 5.92 Å². The summed E-state index contributed by atoms with van der Waals surface area (Å²) in [5.74, 6) is 0.370. The molecule has 0 radical (unpaired) electrons. The zero-order valence-electron chi connectivity index (χ0n) is 21.3. The molecule has 9 nitrogen and oxygen atoms in total. The summed E-state index contributed by atoms with van der Waals surface area (Å²) in [6.45, 7) is 10.2. The van der Waals surface area contributed by atoms with Crippen molar-refractivity contribution in [1.82, 2.24) is 9.80 Å². The molecule has 0 aliphatic carbocycles. The van der Waals surface area contributed by atoms with Crippen LogP contribution in [-0.4, -0.2) is 72.4 Å². The number of nitro benzene ring substituents is 1. The van der Waals surface area contributed by atoms with Gasteiger partial charge in [0.25, 0.3) is 11.6 Å². The van der Waals surface area contributed by atoms with Gasteiger partial charge in [0, 0.05) is 57.1 Å². The molecule has 2 saturated heterocycles. The quantitative estimate of drug-likeness (QED) is 0.485. The maximum absolute atomic E-state index is 13.5. The van der Waals surface area contributed by atoms with E-state index in [1.165, 1.54) is 12.1 Å². The molecule has 2 heterocycles. The summed E-state index contributed by atoms with van der Waals surface area (Å²) in [5.41, 5.74) is 4.08. The number of piperidine rings is 1. The van der Waals surface area contributed by atoms with Crippen LogP contribution in [0.2, 0.25) is 0 Å². The third kappa shape index (κ3) is 5.84. The van der Waals surface area contributed by atoms with Gasteiger partial charge in [-0.2, -0.15) is 0 Å². The van der Waals surface area contributed by atoms with Crippen molar-refractivity contribution < 1.29 is 14.5 Å². The van der Waals surface area contributed by atoms with Crippen LogP contribution in [0.5, 0.6) is 0 Å². The van der Waals surface area contributed by atoms with E-state index in [4.69, 9.17) is 0 Å². The highest BCUT2D eigenvalue weighted by Gasteiger charge is 2.29. The lowest BCUT2D eigenvalue weighted by Gasteiger charge is -2.36. The summed E-state index contributed by atoms with van der Waals surface area (Å²) in [6, 6.07) is 10.5. The van der Waals surface area contributed by atoms with Crippen LogP contribution in [0.3, 0.4) is 0 Å². The number of benzene rings is 2. The zero-order valence-corrected chi connectivity index (χ0v) is 21.3. The van der Waals surface area contributed by atoms with Crippen LogP contribution in [0.15, 0.2) is 36.4 Å². The van der Waals surface area contributed by atoms with E-state index < -0.39 is 4.92 Å². The lowest BCUT2D eigenvalue weighted by atomic mass is 9.97. The number of amides is 2. The third-order valence-electron chi connectivity index (χ3n) is 7.45. The van der Waals surface area contributed by atoms with Crippen LogP contribution < -0.4 is 10.2 Å². The SMILES string of the molecule is Cc1cccc(NC(=O)CN2CCN(C(=O)c3cc([N+](=O)[O-])ccc3N3CCC(C)CC3)CC2)c1C. The highest BCUT2D eigenvalue weighted by atomic mass is 16.6. The predicted molar refractivity (Wildman–Crippen MR) is 141 cm³/mol. The first-order valence-corrected chi connectivity index (χ1v) is 12.6. The Balaban J connectivity index is 1.40. The standard InChI is InChI=1S/C27H35N5O4/c1-19-9-11-30(12-10-19)25-8-7-22(32(35)36)17-23(25)27(34)31-15-13-29(14-16-31)18-26(33)28-24-6-4-5-20(2)21(24)3/h4-8,17,19H,9-16,18H2,1-3H3,(H,28,33). The number of nitro groups is 1. The summed E-state index contributed by atoms with van der Waals surface area (Å²) in [6.07, 6.45) is 2.07. The highest BCUT2D eigenvalue weighted by Crippen LogP contribution is 2.30. The Hall–Kier alpha value is -3.46. The number of nitrogens with one attached hydrogen (secondary N) is 1. The molecule has 9 heteroatoms. The van der Waals surface area contributed by atoms with Crippen molar-refractivity contribution in [3.8, 4) is 0 Å². The Morgan fingerprint density at radius 3 is 2.39 bits per heavy atom. The second-order valence-corrected chi connectivity index (χ2v) is 9.99. The number of carbonyl (C=O) groups is 2. The molecule has 2 aliphatic rings. The first-order chi connectivity index (χ1) is 17.2. The van der Waals surface area contributed by atoms with Gasteiger partial charge in [-0.15, -0.1) is 0 Å². The second kappa shape index (κ2) is 11.1. The molecule has 0 saturated carbocycles. The van der Waals surface area contributed by atoms with Gasteiger partial charge in [-0.1, -0.05) is 19.1 Å². The van der Waals surface area contributed by atoms with Crippen molar-refractivity contribution in [1.29, 1.82) is 0 Å². The fourth-order valence-corrected chi connectivity index (χ4v) is 4.89. The van der Waals surface area contributed by atoms with E-state index in [1.807, 2.05) is 36.9 Å². The largest absolute Gasteiger partial charge is 0.371 e. The van der Waals surface area contributed by atoms with Gasteiger partial charge >= 0.3 is 0 Å². The molecular formula is C27H35N5O4. The summed E-state index contributed by atoms with van der Waals surface area (Å²) >= 11 is 0. The Labute approximate surface area is 212 Å². The molecule has 2 aromatic rings. The predicted octanol–water partition coefficient (Wildman–Crippen LogP) is 3.84. The van der Waals surface area contributed by atoms with Crippen LogP contribution in [-0.2, 0) is 4.79 Å². The van der Waals surface area contributed by atoms with Gasteiger partial charge in [-0.3, -0.25) is 24.6 Å². The molecule has 192 valence electrons. The number of carbonyl (C=O) groups excluding carboxylic acids is 2. The lowest BCUT2D eigenvalue weighted by molar-refractivity contribution is -0.384. The Bertz CT molecular complexity index is 1130. The van der Waals surface area contributed by atoms with E-state index in [9.17, 15) is 19.7 Å². The summed E-state index contributed by atoms with van der Waals surface area (Å²) in [5, 5.41) is 14.4. The molecule has 2 aromatic carbocycles. The second-order valence-electron chi connectivity index (χ2n) is 9.99. The Morgan fingerprint density at radius 1 is 1.03 bits per heavy atom. The van der Waals surface area contributed by atoms with E-state index in [0.29, 0.717) is 37.7 Å². The molecule has 0 aromatic heterocycles. The van der Waals surface area contributed by atoms with E-state index in [2.05, 4.69) is 17.1 Å². The Kier molecular flexibility index (Phi) is 7.88. The van der Waals surface area contributed by atoms with Gasteiger partial charge in [-0.05, 0) is 55.9 Å². The van der Waals surface area contributed by atoms with Crippen molar-refractivity contribution in [3.63, 3.8) is 0 Å². The van der Waals surface area contributed by atoms with Crippen molar-refractivity contribution in [2.45, 2.75) is 33.6 Å². The minimum atomic E-state index is -0.453. The van der Waals surface area contributed by atoms with Crippen LogP contribution >= 0.6 is 0 Å². The monoisotopic (exact) mass is 493 g/mol. The van der Waals surface area contributed by atoms with Crippen molar-refractivity contribution in [3.05, 3.63) is 63.2 Å². The number of hydrogen-bond acceptors (Lipinski definition) is 6. The average Bonchev–Trinajstić information content (AvgIpc) is 2.87. The number of hydrogen-bond donors (Lipinski definition) is 1. The first kappa shape index (κ1) is 25.6. The van der Waals surface area contributed by atoms with Gasteiger partial charge in [-0.25, -0.2) is 0 Å². The number of anilines is 2. The van der Waals surface area contributed by atoms with Crippen molar-refractivity contribution in [2.75, 3.05) is 56.0 Å². The summed E-state index contributed by atoms with van der Waals surface area (Å²) in [4.78, 5) is 43.1. The molecule has 2 fully saturated rings. The molecule has 0 spiro atoms. The molecule has 2 amide bonds. The lowest BCUT2D eigenvalue weighted by Crippen LogP contribution is -2.50. The van der Waals surface area contributed by atoms with E-state index in [0.717, 1.165) is 48.4 Å². The number of piperazine rings is 1. The summed E-state index contributed by atoms with van der Waals surface area (Å²) in [7, 11) is 0. The van der Waals surface area contributed by atoms with Crippen LogP contribution in [0.25, 0.3) is 0 Å². The molecule has 0 bridgehead atoms.